The van der Waals surface area contributed by atoms with Crippen molar-refractivity contribution in [1.29, 1.82) is 0 Å². The van der Waals surface area contributed by atoms with Crippen LogP contribution in [0.25, 0.3) is 11.3 Å². The van der Waals surface area contributed by atoms with Crippen molar-refractivity contribution in [2.75, 3.05) is 23.3 Å². The van der Waals surface area contributed by atoms with Gasteiger partial charge in [-0.15, -0.1) is 0 Å². The number of sulfonamides is 1. The summed E-state index contributed by atoms with van der Waals surface area (Å²) >= 11 is 0. The minimum atomic E-state index is -4.17. The summed E-state index contributed by atoms with van der Waals surface area (Å²) < 4.78 is 36.4. The van der Waals surface area contributed by atoms with E-state index in [9.17, 15) is 13.2 Å². The van der Waals surface area contributed by atoms with Crippen molar-refractivity contribution in [3.8, 4) is 17.1 Å². The van der Waals surface area contributed by atoms with Crippen LogP contribution in [0.4, 0.5) is 11.8 Å². The van der Waals surface area contributed by atoms with Crippen molar-refractivity contribution in [2.45, 2.75) is 84.3 Å². The lowest BCUT2D eigenvalue weighted by Crippen LogP contribution is -2.46. The molecule has 0 unspecified atom stereocenters. The third kappa shape index (κ3) is 7.54. The van der Waals surface area contributed by atoms with Crippen LogP contribution in [-0.4, -0.2) is 64.9 Å². The number of aryl methyl sites for hydroxylation is 2. The first-order valence-corrected chi connectivity index (χ1v) is 18.2. The number of hydrogen-bond acceptors (Lipinski definition) is 9. The molecule has 1 aliphatic carbocycles. The molecule has 2 aromatic heterocycles. The summed E-state index contributed by atoms with van der Waals surface area (Å²) in [6.07, 6.45) is 6.31. The molecule has 11 nitrogen and oxygen atoms in total. The van der Waals surface area contributed by atoms with Crippen molar-refractivity contribution in [3.05, 3.63) is 83.3 Å². The van der Waals surface area contributed by atoms with E-state index >= 15 is 0 Å². The lowest BCUT2D eigenvalue weighted by atomic mass is 9.80. The van der Waals surface area contributed by atoms with Crippen molar-refractivity contribution < 1.29 is 17.9 Å². The standard InChI is InChI=1S/C37H45N7O4S/c1-23-14-15-31(23)43(7)32-20-38-19-27(39-32)21-44-28(18-37(4,5)6)22-48-33-17-30(34-24(2)10-8-11-25(34)3)40-36(41-33)42-49(46,47)29-13-9-12-26(16-29)35(44)45/h8-13,16-17,19-20,23,28,31H,14-15,18,21-22H2,1-7H3,(H,40,41,42)/t23-,28+,31-/m0/s1. The summed E-state index contributed by atoms with van der Waals surface area (Å²) in [7, 11) is -2.14. The second-order valence-electron chi connectivity index (χ2n) is 14.6. The van der Waals surface area contributed by atoms with Gasteiger partial charge in [0.15, 0.2) is 0 Å². The Morgan fingerprint density at radius 2 is 1.73 bits per heavy atom. The minimum Gasteiger partial charge on any atom is -0.475 e. The minimum absolute atomic E-state index is 0.0773. The van der Waals surface area contributed by atoms with E-state index in [-0.39, 0.29) is 46.8 Å². The average Bonchev–Trinajstić information content (AvgIpc) is 3.03. The summed E-state index contributed by atoms with van der Waals surface area (Å²) in [5.74, 6) is 1.06. The normalized spacial score (nSPS) is 20.5. The molecule has 1 aliphatic heterocycles. The monoisotopic (exact) mass is 683 g/mol. The summed E-state index contributed by atoms with van der Waals surface area (Å²) in [6.45, 7) is 12.8. The Balaban J connectivity index is 1.45. The van der Waals surface area contributed by atoms with E-state index in [1.807, 2.05) is 39.1 Å². The summed E-state index contributed by atoms with van der Waals surface area (Å²) in [6, 6.07) is 13.7. The van der Waals surface area contributed by atoms with E-state index in [0.29, 0.717) is 29.8 Å². The van der Waals surface area contributed by atoms with Crippen molar-refractivity contribution in [2.24, 2.45) is 11.3 Å². The predicted octanol–water partition coefficient (Wildman–Crippen LogP) is 6.43. The van der Waals surface area contributed by atoms with Crippen LogP contribution in [0, 0.1) is 25.2 Å². The van der Waals surface area contributed by atoms with E-state index in [0.717, 1.165) is 28.9 Å². The molecule has 49 heavy (non-hydrogen) atoms. The van der Waals surface area contributed by atoms with Gasteiger partial charge in [-0.25, -0.2) is 23.1 Å². The molecule has 1 amide bonds. The third-order valence-electron chi connectivity index (χ3n) is 9.47. The Labute approximate surface area is 289 Å². The molecule has 4 aromatic rings. The number of ether oxygens (including phenoxy) is 1. The molecule has 0 spiro atoms. The second kappa shape index (κ2) is 13.4. The molecule has 6 rings (SSSR count). The molecule has 258 valence electrons. The van der Waals surface area contributed by atoms with E-state index in [1.165, 1.54) is 18.6 Å². The smallest absolute Gasteiger partial charge is 0.264 e. The Bertz CT molecular complexity index is 1960. The first-order valence-electron chi connectivity index (χ1n) is 16.7. The third-order valence-corrected chi connectivity index (χ3v) is 10.8. The highest BCUT2D eigenvalue weighted by atomic mass is 32.2. The van der Waals surface area contributed by atoms with Crippen molar-refractivity contribution >= 4 is 27.7 Å². The van der Waals surface area contributed by atoms with E-state index in [2.05, 4.69) is 52.3 Å². The Hall–Kier alpha value is -4.58. The Morgan fingerprint density at radius 3 is 2.41 bits per heavy atom. The maximum atomic E-state index is 14.5. The molecule has 0 radical (unpaired) electrons. The molecule has 2 aromatic carbocycles. The largest absolute Gasteiger partial charge is 0.475 e. The van der Waals surface area contributed by atoms with Gasteiger partial charge in [0.05, 0.1) is 41.3 Å². The van der Waals surface area contributed by atoms with E-state index in [1.54, 1.807) is 35.5 Å². The highest BCUT2D eigenvalue weighted by Crippen LogP contribution is 2.34. The molecule has 1 saturated carbocycles. The van der Waals surface area contributed by atoms with Gasteiger partial charge >= 0.3 is 0 Å². The number of rotatable bonds is 6. The van der Waals surface area contributed by atoms with Crippen LogP contribution in [0.5, 0.6) is 5.88 Å². The van der Waals surface area contributed by atoms with Gasteiger partial charge in [0, 0.05) is 30.3 Å². The number of nitrogens with zero attached hydrogens (tertiary/aromatic N) is 6. The van der Waals surface area contributed by atoms with Gasteiger partial charge in [0.2, 0.25) is 11.8 Å². The predicted molar refractivity (Wildman–Crippen MR) is 190 cm³/mol. The molecule has 12 heteroatoms. The highest BCUT2D eigenvalue weighted by molar-refractivity contribution is 7.92. The number of carbonyl (C=O) groups is 1. The summed E-state index contributed by atoms with van der Waals surface area (Å²) in [5, 5.41) is 0. The molecule has 2 aliphatic rings. The first-order chi connectivity index (χ1) is 23.2. The topological polar surface area (TPSA) is 131 Å². The number of amides is 1. The van der Waals surface area contributed by atoms with Gasteiger partial charge in [-0.2, -0.15) is 4.98 Å². The first kappa shape index (κ1) is 34.3. The fraction of sp³-hybridized carbons (Fsp3) is 0.432. The maximum Gasteiger partial charge on any atom is 0.264 e. The van der Waals surface area contributed by atoms with Gasteiger partial charge in [-0.05, 0) is 73.8 Å². The zero-order valence-electron chi connectivity index (χ0n) is 29.3. The molecule has 3 atom stereocenters. The van der Waals surface area contributed by atoms with Crippen molar-refractivity contribution in [3.63, 3.8) is 0 Å². The zero-order valence-corrected chi connectivity index (χ0v) is 30.1. The molecule has 1 fully saturated rings. The fourth-order valence-corrected chi connectivity index (χ4v) is 7.75. The van der Waals surface area contributed by atoms with Crippen molar-refractivity contribution in [1.82, 2.24) is 24.8 Å². The van der Waals surface area contributed by atoms with Crippen LogP contribution in [-0.2, 0) is 16.6 Å². The highest BCUT2D eigenvalue weighted by Gasteiger charge is 2.33. The quantitative estimate of drug-likeness (QED) is 0.245. The van der Waals surface area contributed by atoms with Crippen LogP contribution in [0.1, 0.15) is 74.1 Å². The van der Waals surface area contributed by atoms with E-state index < -0.39 is 16.1 Å². The van der Waals surface area contributed by atoms with Crippen LogP contribution < -0.4 is 14.4 Å². The van der Waals surface area contributed by atoms with E-state index in [4.69, 9.17) is 9.72 Å². The Morgan fingerprint density at radius 1 is 1.00 bits per heavy atom. The van der Waals surface area contributed by atoms with Gasteiger partial charge in [0.1, 0.15) is 12.4 Å². The lowest BCUT2D eigenvalue weighted by Gasteiger charge is -2.41. The number of anilines is 2. The fourth-order valence-electron chi connectivity index (χ4n) is 6.76. The van der Waals surface area contributed by atoms with Crippen LogP contribution in [0.2, 0.25) is 0 Å². The SMILES string of the molecule is Cc1cccc(C)c1-c1cc2nc(n1)NS(=O)(=O)c1cccc(c1)C(=O)N(Cc1cncc(N(C)[C@H]3CC[C@@H]3C)n1)[C@H](CC(C)(C)C)CO2. The number of carbonyl (C=O) groups excluding carboxylic acids is 1. The average molecular weight is 684 g/mol. The summed E-state index contributed by atoms with van der Waals surface area (Å²) in [5.41, 5.74) is 4.01. The molecule has 0 saturated heterocycles. The number of nitrogens with one attached hydrogen (secondary N) is 1. The Kier molecular flexibility index (Phi) is 9.36. The van der Waals surface area contributed by atoms with Crippen LogP contribution in [0.15, 0.2) is 65.8 Å². The second-order valence-corrected chi connectivity index (χ2v) is 16.3. The number of benzene rings is 2. The van der Waals surface area contributed by atoms with Crippen LogP contribution in [0.3, 0.4) is 0 Å². The molecular weight excluding hydrogens is 639 g/mol. The zero-order chi connectivity index (χ0) is 35.1. The molecule has 3 heterocycles. The van der Waals surface area contributed by atoms with Gasteiger partial charge in [-0.3, -0.25) is 9.78 Å². The number of fused-ring (bicyclic) bond motifs is 4. The maximum absolute atomic E-state index is 14.5. The molecular formula is C37H45N7O4S. The molecule has 1 N–H and O–H groups in total. The number of hydrogen-bond donors (Lipinski definition) is 1. The summed E-state index contributed by atoms with van der Waals surface area (Å²) in [4.78, 5) is 36.9. The van der Waals surface area contributed by atoms with Crippen LogP contribution >= 0.6 is 0 Å². The molecule has 4 bridgehead atoms. The van der Waals surface area contributed by atoms with Gasteiger partial charge in [0.25, 0.3) is 15.9 Å². The number of aromatic nitrogens is 4. The van der Waals surface area contributed by atoms with Gasteiger partial charge < -0.3 is 14.5 Å². The lowest BCUT2D eigenvalue weighted by molar-refractivity contribution is 0.0509. The van der Waals surface area contributed by atoms with Gasteiger partial charge in [-0.1, -0.05) is 52.0 Å².